The molecule has 0 heterocycles. The summed E-state index contributed by atoms with van der Waals surface area (Å²) in [5, 5.41) is 0. The molecule has 0 aromatic rings. The summed E-state index contributed by atoms with van der Waals surface area (Å²) in [7, 11) is 1.42. The van der Waals surface area contributed by atoms with Crippen molar-refractivity contribution in [2.45, 2.75) is 44.6 Å². The minimum atomic E-state index is 1.14. The van der Waals surface area contributed by atoms with Gasteiger partial charge in [0, 0.05) is 10.2 Å². The van der Waals surface area contributed by atoms with Gasteiger partial charge in [-0.15, -0.1) is 0 Å². The van der Waals surface area contributed by atoms with Gasteiger partial charge in [-0.1, -0.05) is 44.6 Å². The summed E-state index contributed by atoms with van der Waals surface area (Å²) in [5.41, 5.74) is 0. The molecule has 0 saturated heterocycles. The molecule has 1 rings (SSSR count). The normalized spacial score (nSPS) is 22.7. The Kier molecular flexibility index (Phi) is 3.34. The highest BCUT2D eigenvalue weighted by Crippen LogP contribution is 2.26. The van der Waals surface area contributed by atoms with Gasteiger partial charge in [0.1, 0.15) is 0 Å². The number of hydrogen-bond acceptors (Lipinski definition) is 0. The molecule has 0 atom stereocenters. The Hall–Kier alpha value is 0.217. The summed E-state index contributed by atoms with van der Waals surface area (Å²) in [4.78, 5) is 0. The largest absolute Gasteiger partial charge is 0.0656 e. The Balaban J connectivity index is 2.08. The van der Waals surface area contributed by atoms with Gasteiger partial charge in [-0.25, -0.2) is 0 Å². The Labute approximate surface area is 61.5 Å². The predicted molar refractivity (Wildman–Crippen MR) is 45.9 cm³/mol. The monoisotopic (exact) mass is 142 g/mol. The van der Waals surface area contributed by atoms with Crippen LogP contribution in [0.5, 0.6) is 0 Å². The molecule has 0 amide bonds. The first-order valence-electron chi connectivity index (χ1n) is 4.43. The first-order chi connectivity index (χ1) is 4.43. The highest BCUT2D eigenvalue weighted by molar-refractivity contribution is 6.08. The predicted octanol–water partition coefficient (Wildman–Crippen LogP) is 1.74. The fourth-order valence-corrected chi connectivity index (χ4v) is 2.70. The molecule has 0 aromatic carbocycles. The van der Waals surface area contributed by atoms with E-state index in [4.69, 9.17) is 0 Å². The van der Waals surface area contributed by atoms with Crippen LogP contribution in [-0.2, 0) is 0 Å². The van der Waals surface area contributed by atoms with Crippen LogP contribution in [0.1, 0.15) is 38.5 Å². The van der Waals surface area contributed by atoms with Crippen LogP contribution in [0.3, 0.4) is 0 Å². The molecule has 0 aliphatic heterocycles. The summed E-state index contributed by atoms with van der Waals surface area (Å²) in [6.45, 7) is 0. The lowest BCUT2D eigenvalue weighted by Crippen LogP contribution is -2.05. The molecule has 0 aromatic heterocycles. The van der Waals surface area contributed by atoms with Crippen molar-refractivity contribution >= 4 is 10.2 Å². The van der Waals surface area contributed by atoms with Crippen molar-refractivity contribution in [1.82, 2.24) is 0 Å². The van der Waals surface area contributed by atoms with Crippen LogP contribution >= 0.6 is 0 Å². The molecule has 9 heavy (non-hydrogen) atoms. The maximum Gasteiger partial charge on any atom is 0.00281 e. The van der Waals surface area contributed by atoms with E-state index in [-0.39, 0.29) is 0 Å². The molecule has 0 spiro atoms. The van der Waals surface area contributed by atoms with E-state index in [9.17, 15) is 0 Å². The molecule has 0 radical (unpaired) electrons. The number of rotatable bonds is 2. The van der Waals surface area contributed by atoms with Crippen molar-refractivity contribution in [3.05, 3.63) is 0 Å². The summed E-state index contributed by atoms with van der Waals surface area (Å²) >= 11 is 0. The van der Waals surface area contributed by atoms with E-state index in [2.05, 4.69) is 0 Å². The molecule has 1 aliphatic rings. The Bertz CT molecular complexity index is 62.2. The third-order valence-corrected chi connectivity index (χ3v) is 3.00. The first kappa shape index (κ1) is 7.33. The summed E-state index contributed by atoms with van der Waals surface area (Å²) < 4.78 is 0. The van der Waals surface area contributed by atoms with E-state index >= 15 is 0 Å². The molecule has 1 saturated carbocycles. The molecule has 1 heteroatoms. The molecule has 1 fully saturated rings. The smallest absolute Gasteiger partial charge is 0.00281 e. The second-order valence-corrected chi connectivity index (χ2v) is 4.29. The van der Waals surface area contributed by atoms with E-state index in [0.29, 0.717) is 0 Å². The van der Waals surface area contributed by atoms with Crippen molar-refractivity contribution in [2.75, 3.05) is 0 Å². The van der Waals surface area contributed by atoms with Crippen molar-refractivity contribution in [3.63, 3.8) is 0 Å². The summed E-state index contributed by atoms with van der Waals surface area (Å²) in [6.07, 6.45) is 9.19. The van der Waals surface area contributed by atoms with Crippen LogP contribution in [0.25, 0.3) is 0 Å². The maximum absolute atomic E-state index is 1.55. The molecule has 0 unspecified atom stereocenters. The Morgan fingerprint density at radius 2 is 1.78 bits per heavy atom. The van der Waals surface area contributed by atoms with Crippen molar-refractivity contribution < 1.29 is 0 Å². The van der Waals surface area contributed by atoms with E-state index in [1.165, 1.54) is 35.5 Å². The van der Waals surface area contributed by atoms with Crippen LogP contribution in [0.15, 0.2) is 0 Å². The zero-order valence-electron chi connectivity index (χ0n) is 6.53. The lowest BCUT2D eigenvalue weighted by atomic mass is 9.88. The topological polar surface area (TPSA) is 0 Å². The van der Waals surface area contributed by atoms with Crippen LogP contribution in [0, 0.1) is 5.92 Å². The lowest BCUT2D eigenvalue weighted by Gasteiger charge is -2.20. The van der Waals surface area contributed by atoms with Crippen molar-refractivity contribution in [1.29, 1.82) is 0 Å². The van der Waals surface area contributed by atoms with E-state index in [1.807, 2.05) is 0 Å². The van der Waals surface area contributed by atoms with E-state index in [1.54, 1.807) is 19.3 Å². The van der Waals surface area contributed by atoms with Crippen LogP contribution in [0.2, 0.25) is 6.04 Å². The fraction of sp³-hybridized carbons (Fsp3) is 1.00. The molecular formula is C8H18Si. The van der Waals surface area contributed by atoms with Crippen molar-refractivity contribution in [3.8, 4) is 0 Å². The SMILES string of the molecule is [SiH3]CCC1CCCCC1. The van der Waals surface area contributed by atoms with Crippen LogP contribution < -0.4 is 0 Å². The Morgan fingerprint density at radius 1 is 1.11 bits per heavy atom. The first-order valence-corrected chi connectivity index (χ1v) is 5.85. The standard InChI is InChI=1S/C8H18Si/c9-7-6-8-4-2-1-3-5-8/h8H,1-7H2,9H3. The number of hydrogen-bond donors (Lipinski definition) is 0. The fourth-order valence-electron chi connectivity index (χ4n) is 1.88. The van der Waals surface area contributed by atoms with Gasteiger partial charge in [-0.2, -0.15) is 0 Å². The van der Waals surface area contributed by atoms with Gasteiger partial charge in [-0.05, 0) is 5.92 Å². The lowest BCUT2D eigenvalue weighted by molar-refractivity contribution is 0.350. The van der Waals surface area contributed by atoms with Gasteiger partial charge in [0.25, 0.3) is 0 Å². The second kappa shape index (κ2) is 4.10. The third-order valence-electron chi connectivity index (χ3n) is 2.42. The van der Waals surface area contributed by atoms with Gasteiger partial charge in [0.2, 0.25) is 0 Å². The van der Waals surface area contributed by atoms with E-state index < -0.39 is 0 Å². The molecule has 0 bridgehead atoms. The molecular weight excluding hydrogens is 124 g/mol. The highest BCUT2D eigenvalue weighted by atomic mass is 28.1. The average molecular weight is 142 g/mol. The average Bonchev–Trinajstić information content (AvgIpc) is 1.91. The summed E-state index contributed by atoms with van der Waals surface area (Å²) in [5.74, 6) is 1.14. The van der Waals surface area contributed by atoms with E-state index in [0.717, 1.165) is 5.92 Å². The van der Waals surface area contributed by atoms with Gasteiger partial charge >= 0.3 is 0 Å². The molecule has 54 valence electrons. The Morgan fingerprint density at radius 3 is 2.33 bits per heavy atom. The van der Waals surface area contributed by atoms with Gasteiger partial charge in [0.15, 0.2) is 0 Å². The molecule has 0 nitrogen and oxygen atoms in total. The van der Waals surface area contributed by atoms with Crippen LogP contribution in [0.4, 0.5) is 0 Å². The quantitative estimate of drug-likeness (QED) is 0.515. The van der Waals surface area contributed by atoms with Crippen molar-refractivity contribution in [2.24, 2.45) is 5.92 Å². The zero-order valence-corrected chi connectivity index (χ0v) is 8.53. The minimum absolute atomic E-state index is 1.14. The molecule has 0 N–H and O–H groups in total. The third kappa shape index (κ3) is 2.52. The highest BCUT2D eigenvalue weighted by Gasteiger charge is 2.10. The van der Waals surface area contributed by atoms with Gasteiger partial charge in [0.05, 0.1) is 0 Å². The maximum atomic E-state index is 1.55. The molecule has 1 aliphatic carbocycles. The summed E-state index contributed by atoms with van der Waals surface area (Å²) in [6, 6.07) is 1.53. The van der Waals surface area contributed by atoms with Gasteiger partial charge < -0.3 is 0 Å². The second-order valence-electron chi connectivity index (χ2n) is 3.29. The van der Waals surface area contributed by atoms with Crippen LogP contribution in [-0.4, -0.2) is 10.2 Å². The van der Waals surface area contributed by atoms with Gasteiger partial charge in [-0.3, -0.25) is 0 Å². The minimum Gasteiger partial charge on any atom is -0.0656 e. The zero-order chi connectivity index (χ0) is 6.53.